The Bertz CT molecular complexity index is 651. The molecule has 1 N–H and O–H groups in total. The van der Waals surface area contributed by atoms with Gasteiger partial charge in [-0.3, -0.25) is 9.69 Å². The Morgan fingerprint density at radius 3 is 3.00 bits per heavy atom. The Kier molecular flexibility index (Phi) is 4.96. The number of hydrogen-bond acceptors (Lipinski definition) is 4. The van der Waals surface area contributed by atoms with Crippen molar-refractivity contribution in [2.24, 2.45) is 0 Å². The molecule has 0 radical (unpaired) electrons. The third kappa shape index (κ3) is 3.49. The Morgan fingerprint density at radius 2 is 2.25 bits per heavy atom. The normalized spacial score (nSPS) is 24.1. The van der Waals surface area contributed by atoms with Crippen LogP contribution in [0.15, 0.2) is 18.2 Å². The summed E-state index contributed by atoms with van der Waals surface area (Å²) >= 11 is 6.09. The van der Waals surface area contributed by atoms with Gasteiger partial charge in [0.25, 0.3) is 0 Å². The molecule has 0 spiro atoms. The smallest absolute Gasteiger partial charge is 0.341 e. The fraction of sp³-hybridized carbons (Fsp3) is 0.529. The largest absolute Gasteiger partial charge is 0.482 e. The van der Waals surface area contributed by atoms with Gasteiger partial charge in [-0.05, 0) is 38.0 Å². The number of amides is 1. The zero-order chi connectivity index (χ0) is 17.3. The number of piperazine rings is 1. The van der Waals surface area contributed by atoms with E-state index in [1.807, 2.05) is 11.8 Å². The Balaban J connectivity index is 1.78. The van der Waals surface area contributed by atoms with Crippen LogP contribution >= 0.6 is 11.6 Å². The maximum atomic E-state index is 12.5. The van der Waals surface area contributed by atoms with Crippen molar-refractivity contribution in [2.45, 2.75) is 38.4 Å². The van der Waals surface area contributed by atoms with Gasteiger partial charge in [-0.15, -0.1) is 0 Å². The van der Waals surface area contributed by atoms with E-state index < -0.39 is 12.6 Å². The van der Waals surface area contributed by atoms with Crippen molar-refractivity contribution < 1.29 is 19.4 Å². The van der Waals surface area contributed by atoms with E-state index in [-0.39, 0.29) is 18.0 Å². The first-order chi connectivity index (χ1) is 11.5. The number of carboxylic acids is 1. The highest BCUT2D eigenvalue weighted by molar-refractivity contribution is 6.30. The average molecular weight is 353 g/mol. The summed E-state index contributed by atoms with van der Waals surface area (Å²) in [6.07, 6.45) is 2.09. The Hall–Kier alpha value is -1.79. The number of nitrogens with zero attached hydrogens (tertiary/aromatic N) is 2. The molecule has 2 aliphatic rings. The van der Waals surface area contributed by atoms with Crippen LogP contribution in [-0.4, -0.2) is 58.6 Å². The maximum Gasteiger partial charge on any atom is 0.341 e. The predicted octanol–water partition coefficient (Wildman–Crippen LogP) is 2.00. The van der Waals surface area contributed by atoms with Crippen molar-refractivity contribution in [3.63, 3.8) is 0 Å². The molecule has 2 fully saturated rings. The van der Waals surface area contributed by atoms with Gasteiger partial charge in [0.05, 0.1) is 6.04 Å². The van der Waals surface area contributed by atoms with Gasteiger partial charge in [0.1, 0.15) is 5.75 Å². The molecule has 2 heterocycles. The van der Waals surface area contributed by atoms with Gasteiger partial charge in [0.2, 0.25) is 5.91 Å². The van der Waals surface area contributed by atoms with E-state index in [0.717, 1.165) is 31.5 Å². The predicted molar refractivity (Wildman–Crippen MR) is 89.2 cm³/mol. The molecular formula is C17H21ClN2O4. The maximum absolute atomic E-state index is 12.5. The summed E-state index contributed by atoms with van der Waals surface area (Å²) in [6.45, 7) is 3.69. The Morgan fingerprint density at radius 1 is 1.46 bits per heavy atom. The third-order valence-corrected chi connectivity index (χ3v) is 4.99. The SMILES string of the molecule is C[C@H]1C(=O)N2CCC[C@H]2CN1Cc1cc(Cl)ccc1OCC(=O)O. The molecule has 6 nitrogen and oxygen atoms in total. The molecule has 3 rings (SSSR count). The van der Waals surface area contributed by atoms with Crippen LogP contribution in [0.5, 0.6) is 5.75 Å². The van der Waals surface area contributed by atoms with Gasteiger partial charge in [-0.25, -0.2) is 4.79 Å². The standard InChI is InChI=1S/C17H21ClN2O4/c1-11-17(23)20-6-2-3-14(20)9-19(11)8-12-7-13(18)4-5-15(12)24-10-16(21)22/h4-5,7,11,14H,2-3,6,8-10H2,1H3,(H,21,22)/t11-,14-/m0/s1. The fourth-order valence-corrected chi connectivity index (χ4v) is 3.71. The molecule has 0 saturated carbocycles. The van der Waals surface area contributed by atoms with Crippen LogP contribution < -0.4 is 4.74 Å². The van der Waals surface area contributed by atoms with E-state index in [9.17, 15) is 9.59 Å². The molecule has 1 aromatic rings. The number of ether oxygens (including phenoxy) is 1. The molecule has 2 atom stereocenters. The Labute approximate surface area is 145 Å². The van der Waals surface area contributed by atoms with E-state index >= 15 is 0 Å². The number of carbonyl (C=O) groups is 2. The quantitative estimate of drug-likeness (QED) is 0.877. The first kappa shape index (κ1) is 17.0. The second-order valence-corrected chi connectivity index (χ2v) is 6.80. The summed E-state index contributed by atoms with van der Waals surface area (Å²) in [4.78, 5) is 27.4. The van der Waals surface area contributed by atoms with Crippen molar-refractivity contribution in [2.75, 3.05) is 19.7 Å². The second kappa shape index (κ2) is 6.99. The summed E-state index contributed by atoms with van der Waals surface area (Å²) in [7, 11) is 0. The monoisotopic (exact) mass is 352 g/mol. The van der Waals surface area contributed by atoms with Crippen molar-refractivity contribution >= 4 is 23.5 Å². The number of fused-ring (bicyclic) bond motifs is 1. The number of aliphatic carboxylic acids is 1. The van der Waals surface area contributed by atoms with Gasteiger partial charge in [-0.1, -0.05) is 11.6 Å². The van der Waals surface area contributed by atoms with Crippen LogP contribution in [-0.2, 0) is 16.1 Å². The van der Waals surface area contributed by atoms with Gasteiger partial charge in [0.15, 0.2) is 6.61 Å². The molecule has 7 heteroatoms. The molecule has 24 heavy (non-hydrogen) atoms. The number of rotatable bonds is 5. The molecule has 0 aliphatic carbocycles. The lowest BCUT2D eigenvalue weighted by Crippen LogP contribution is -2.58. The van der Waals surface area contributed by atoms with Crippen molar-refractivity contribution in [3.05, 3.63) is 28.8 Å². The number of carboxylic acid groups (broad SMARTS) is 1. The van der Waals surface area contributed by atoms with Crippen molar-refractivity contribution in [1.29, 1.82) is 0 Å². The summed E-state index contributed by atoms with van der Waals surface area (Å²) in [5.41, 5.74) is 0.801. The lowest BCUT2D eigenvalue weighted by Gasteiger charge is -2.41. The van der Waals surface area contributed by atoms with Crippen LogP contribution in [0, 0.1) is 0 Å². The van der Waals surface area contributed by atoms with Gasteiger partial charge >= 0.3 is 5.97 Å². The van der Waals surface area contributed by atoms with Gasteiger partial charge in [-0.2, -0.15) is 0 Å². The topological polar surface area (TPSA) is 70.1 Å². The molecular weight excluding hydrogens is 332 g/mol. The minimum absolute atomic E-state index is 0.166. The summed E-state index contributed by atoms with van der Waals surface area (Å²) < 4.78 is 5.36. The summed E-state index contributed by atoms with van der Waals surface area (Å²) in [5.74, 6) is -0.368. The van der Waals surface area contributed by atoms with Crippen LogP contribution in [0.2, 0.25) is 5.02 Å². The summed E-state index contributed by atoms with van der Waals surface area (Å²) in [5, 5.41) is 9.37. The van der Waals surface area contributed by atoms with Crippen LogP contribution in [0.3, 0.4) is 0 Å². The van der Waals surface area contributed by atoms with Crippen molar-refractivity contribution in [1.82, 2.24) is 9.80 Å². The second-order valence-electron chi connectivity index (χ2n) is 6.37. The molecule has 130 valence electrons. The average Bonchev–Trinajstić information content (AvgIpc) is 3.00. The lowest BCUT2D eigenvalue weighted by atomic mass is 10.1. The van der Waals surface area contributed by atoms with Crippen LogP contribution in [0.1, 0.15) is 25.3 Å². The summed E-state index contributed by atoms with van der Waals surface area (Å²) in [6, 6.07) is 5.20. The van der Waals surface area contributed by atoms with E-state index in [0.29, 0.717) is 17.3 Å². The first-order valence-corrected chi connectivity index (χ1v) is 8.51. The van der Waals surface area contributed by atoms with Crippen LogP contribution in [0.4, 0.5) is 0 Å². The zero-order valence-electron chi connectivity index (χ0n) is 13.6. The minimum atomic E-state index is -1.03. The molecule has 0 unspecified atom stereocenters. The highest BCUT2D eigenvalue weighted by Crippen LogP contribution is 2.30. The minimum Gasteiger partial charge on any atom is -0.482 e. The number of benzene rings is 1. The first-order valence-electron chi connectivity index (χ1n) is 8.13. The number of hydrogen-bond donors (Lipinski definition) is 1. The highest BCUT2D eigenvalue weighted by Gasteiger charge is 2.40. The van der Waals surface area contributed by atoms with E-state index in [1.54, 1.807) is 18.2 Å². The van der Waals surface area contributed by atoms with Gasteiger partial charge < -0.3 is 14.7 Å². The molecule has 1 aromatic carbocycles. The van der Waals surface area contributed by atoms with E-state index in [1.165, 1.54) is 0 Å². The van der Waals surface area contributed by atoms with E-state index in [2.05, 4.69) is 4.90 Å². The zero-order valence-corrected chi connectivity index (χ0v) is 14.3. The lowest BCUT2D eigenvalue weighted by molar-refractivity contribution is -0.143. The molecule has 2 aliphatic heterocycles. The fourth-order valence-electron chi connectivity index (χ4n) is 3.51. The molecule has 0 bridgehead atoms. The van der Waals surface area contributed by atoms with Gasteiger partial charge in [0, 0.05) is 36.3 Å². The molecule has 1 amide bonds. The van der Waals surface area contributed by atoms with Crippen LogP contribution in [0.25, 0.3) is 0 Å². The van der Waals surface area contributed by atoms with Crippen molar-refractivity contribution in [3.8, 4) is 5.75 Å². The third-order valence-electron chi connectivity index (χ3n) is 4.76. The highest BCUT2D eigenvalue weighted by atomic mass is 35.5. The molecule has 0 aromatic heterocycles. The number of carbonyl (C=O) groups excluding carboxylic acids is 1. The molecule has 2 saturated heterocycles. The van der Waals surface area contributed by atoms with E-state index in [4.69, 9.17) is 21.4 Å². The number of halogens is 1.